The molecule has 0 bridgehead atoms. The molecular weight excluding hydrogens is 408 g/mol. The molecule has 0 aromatic heterocycles. The first-order chi connectivity index (χ1) is 14.0. The monoisotopic (exact) mass is 428 g/mol. The predicted molar refractivity (Wildman–Crippen MR) is 92.6 cm³/mol. The molecule has 2 aliphatic rings. The van der Waals surface area contributed by atoms with E-state index < -0.39 is 46.6 Å². The number of carboxylic acid groups (broad SMARTS) is 1. The van der Waals surface area contributed by atoms with Gasteiger partial charge in [0.05, 0.1) is 0 Å². The normalized spacial score (nSPS) is 18.3. The van der Waals surface area contributed by atoms with Gasteiger partial charge in [0, 0.05) is 27.2 Å². The molecule has 30 heavy (non-hydrogen) atoms. The first kappa shape index (κ1) is 24.2. The molecule has 2 N–H and O–H groups in total. The summed E-state index contributed by atoms with van der Waals surface area (Å²) in [4.78, 5) is 90.8. The molecule has 2 heterocycles. The Morgan fingerprint density at radius 2 is 1.63 bits per heavy atom. The van der Waals surface area contributed by atoms with E-state index in [9.17, 15) is 38.4 Å². The van der Waals surface area contributed by atoms with Crippen LogP contribution in [0.2, 0.25) is 0 Å². The third-order valence-corrected chi connectivity index (χ3v) is 4.51. The van der Waals surface area contributed by atoms with Crippen molar-refractivity contribution in [2.45, 2.75) is 19.6 Å². The minimum atomic E-state index is -2.67. The van der Waals surface area contributed by atoms with Crippen molar-refractivity contribution in [2.75, 3.05) is 27.2 Å². The second-order valence-electron chi connectivity index (χ2n) is 6.01. The van der Waals surface area contributed by atoms with Crippen LogP contribution in [0.4, 0.5) is 0 Å². The second-order valence-corrected chi connectivity index (χ2v) is 6.01. The van der Waals surface area contributed by atoms with Crippen molar-refractivity contribution in [2.24, 2.45) is 5.41 Å². The van der Waals surface area contributed by atoms with Crippen molar-refractivity contribution in [1.29, 1.82) is 0 Å². The molecule has 14 nitrogen and oxygen atoms in total. The number of nitrogens with zero attached hydrogens (tertiary/aromatic N) is 3. The van der Waals surface area contributed by atoms with E-state index >= 15 is 0 Å². The molecule has 164 valence electrons. The number of carboxylic acids is 1. The highest BCUT2D eigenvalue weighted by Gasteiger charge is 2.79. The summed E-state index contributed by atoms with van der Waals surface area (Å²) >= 11 is 0. The van der Waals surface area contributed by atoms with Crippen molar-refractivity contribution in [1.82, 2.24) is 20.0 Å². The van der Waals surface area contributed by atoms with Gasteiger partial charge in [0.25, 0.3) is 41.4 Å². The zero-order valence-corrected chi connectivity index (χ0v) is 16.5. The molecule has 1 spiro atoms. The highest BCUT2D eigenvalue weighted by molar-refractivity contribution is 6.52. The molecule has 0 aromatic carbocycles. The first-order valence-electron chi connectivity index (χ1n) is 8.46. The van der Waals surface area contributed by atoms with Crippen molar-refractivity contribution < 1.29 is 48.2 Å². The van der Waals surface area contributed by atoms with E-state index in [1.54, 1.807) is 13.8 Å². The number of carbonyl (C=O) groups excluding carboxylic acids is 7. The minimum absolute atomic E-state index is 0.0762. The molecule has 0 radical (unpaired) electrons. The number of aliphatic carboxylic acids is 1. The maximum atomic E-state index is 11.5. The van der Waals surface area contributed by atoms with Gasteiger partial charge in [-0.3, -0.25) is 48.3 Å². The Balaban J connectivity index is 0.000000301. The molecule has 2 fully saturated rings. The Labute approximate surface area is 169 Å². The molecule has 6 amide bonds. The number of hydrogen-bond donors (Lipinski definition) is 2. The number of likely N-dealkylation sites (tertiary alicyclic amines) is 2. The van der Waals surface area contributed by atoms with E-state index in [4.69, 9.17) is 5.11 Å². The van der Waals surface area contributed by atoms with Crippen LogP contribution in [0.25, 0.3) is 0 Å². The molecule has 1 atom stereocenters. The maximum absolute atomic E-state index is 11.5. The summed E-state index contributed by atoms with van der Waals surface area (Å²) in [6.07, 6.45) is 0.0762. The first-order valence-corrected chi connectivity index (χ1v) is 8.46. The lowest BCUT2D eigenvalue weighted by atomic mass is 9.69. The van der Waals surface area contributed by atoms with Gasteiger partial charge >= 0.3 is 11.7 Å². The van der Waals surface area contributed by atoms with Crippen LogP contribution in [0.5, 0.6) is 0 Å². The number of likely N-dealkylation sites (N-methyl/N-ethyl adjacent to an activating group) is 2. The zero-order chi connectivity index (χ0) is 23.4. The Hall–Kier alpha value is -3.84. The summed E-state index contributed by atoms with van der Waals surface area (Å²) in [5.41, 5.74) is -4.65. The number of nitrogens with one attached hydrogen (secondary N) is 1. The summed E-state index contributed by atoms with van der Waals surface area (Å²) in [6.45, 7) is 3.28. The van der Waals surface area contributed by atoms with Gasteiger partial charge in [-0.25, -0.2) is 4.79 Å². The molecule has 2 saturated heterocycles. The summed E-state index contributed by atoms with van der Waals surface area (Å²) in [6, 6.07) is 0. The molecule has 2 rings (SSSR count). The summed E-state index contributed by atoms with van der Waals surface area (Å²) in [5, 5.41) is 11.1. The van der Waals surface area contributed by atoms with E-state index in [0.29, 0.717) is 4.90 Å². The lowest BCUT2D eigenvalue weighted by molar-refractivity contribution is -0.198. The fourth-order valence-corrected chi connectivity index (χ4v) is 2.84. The SMILES string of the molecule is CCN1C(=O)C2(C(=O)N(C)C2=O)C1=O.CCNC(=O)C(OC=O)(C(=O)O)N(C)C=O. The van der Waals surface area contributed by atoms with E-state index in [0.717, 1.165) is 16.8 Å². The number of amides is 6. The van der Waals surface area contributed by atoms with Crippen LogP contribution >= 0.6 is 0 Å². The van der Waals surface area contributed by atoms with Crippen LogP contribution in [0.15, 0.2) is 0 Å². The van der Waals surface area contributed by atoms with Gasteiger partial charge in [-0.05, 0) is 13.8 Å². The summed E-state index contributed by atoms with van der Waals surface area (Å²) < 4.78 is 4.26. The predicted octanol–water partition coefficient (Wildman–Crippen LogP) is -3.48. The lowest BCUT2D eigenvalue weighted by Gasteiger charge is -2.51. The van der Waals surface area contributed by atoms with Crippen LogP contribution in [-0.2, 0) is 43.1 Å². The lowest BCUT2D eigenvalue weighted by Crippen LogP contribution is -2.83. The maximum Gasteiger partial charge on any atom is 0.381 e. The third kappa shape index (κ3) is 3.05. The minimum Gasteiger partial charge on any atom is -0.476 e. The van der Waals surface area contributed by atoms with Crippen LogP contribution in [-0.4, -0.2) is 101 Å². The Morgan fingerprint density at radius 3 is 1.97 bits per heavy atom. The van der Waals surface area contributed by atoms with Gasteiger partial charge in [-0.1, -0.05) is 0 Å². The standard InChI is InChI=1S/C8H12N2O6.C8H8N2O4/c1-3-9-6(13)8(7(14)15,16-5-12)10(2)4-11;1-3-10-6(13)8(7(10)14)4(11)9(2)5(8)12/h4-5H,3H2,1-2H3,(H,9,13)(H,14,15);3H2,1-2H3. The number of carbonyl (C=O) groups is 8. The second kappa shape index (κ2) is 8.67. The average molecular weight is 428 g/mol. The van der Waals surface area contributed by atoms with Crippen LogP contribution in [0.3, 0.4) is 0 Å². The van der Waals surface area contributed by atoms with Crippen molar-refractivity contribution in [3.63, 3.8) is 0 Å². The van der Waals surface area contributed by atoms with Crippen molar-refractivity contribution in [3.8, 4) is 0 Å². The van der Waals surface area contributed by atoms with Gasteiger partial charge in [-0.15, -0.1) is 0 Å². The largest absolute Gasteiger partial charge is 0.476 e. The fraction of sp³-hybridized carbons (Fsp3) is 0.500. The number of imide groups is 2. The molecule has 1 unspecified atom stereocenters. The van der Waals surface area contributed by atoms with E-state index in [1.807, 2.05) is 0 Å². The van der Waals surface area contributed by atoms with E-state index in [2.05, 4.69) is 10.1 Å². The van der Waals surface area contributed by atoms with E-state index in [1.165, 1.54) is 7.05 Å². The van der Waals surface area contributed by atoms with E-state index in [-0.39, 0.29) is 26.0 Å². The van der Waals surface area contributed by atoms with Crippen molar-refractivity contribution in [3.05, 3.63) is 0 Å². The number of hydrogen-bond acceptors (Lipinski definition) is 9. The number of rotatable bonds is 8. The zero-order valence-electron chi connectivity index (χ0n) is 16.5. The molecule has 0 aliphatic carbocycles. The van der Waals surface area contributed by atoms with Crippen molar-refractivity contribution >= 4 is 48.4 Å². The van der Waals surface area contributed by atoms with Crippen LogP contribution < -0.4 is 5.32 Å². The van der Waals surface area contributed by atoms with Gasteiger partial charge < -0.3 is 15.2 Å². The topological polar surface area (TPSA) is 188 Å². The highest BCUT2D eigenvalue weighted by Crippen LogP contribution is 2.43. The van der Waals surface area contributed by atoms with Gasteiger partial charge in [0.1, 0.15) is 0 Å². The molecule has 0 aromatic rings. The van der Waals surface area contributed by atoms with Gasteiger partial charge in [0.15, 0.2) is 0 Å². The molecular formula is C16H20N4O10. The quantitative estimate of drug-likeness (QED) is 0.170. The average Bonchev–Trinajstić information content (AvgIpc) is 2.72. The van der Waals surface area contributed by atoms with Crippen LogP contribution in [0.1, 0.15) is 13.8 Å². The summed E-state index contributed by atoms with van der Waals surface area (Å²) in [5.74, 6) is -5.65. The molecule has 0 saturated carbocycles. The summed E-state index contributed by atoms with van der Waals surface area (Å²) in [7, 11) is 2.27. The fourth-order valence-electron chi connectivity index (χ4n) is 2.84. The Bertz CT molecular complexity index is 791. The Morgan fingerprint density at radius 1 is 1.13 bits per heavy atom. The molecule has 14 heteroatoms. The molecule has 2 aliphatic heterocycles. The number of ether oxygens (including phenoxy) is 1. The number of β-lactam (4-membered cyclic amide) rings is 4. The van der Waals surface area contributed by atoms with Gasteiger partial charge in [0.2, 0.25) is 6.41 Å². The van der Waals surface area contributed by atoms with Crippen LogP contribution in [0, 0.1) is 5.41 Å². The van der Waals surface area contributed by atoms with Gasteiger partial charge in [-0.2, -0.15) is 0 Å². The highest BCUT2D eigenvalue weighted by atomic mass is 16.6. The Kier molecular flexibility index (Phi) is 6.99. The third-order valence-electron chi connectivity index (χ3n) is 4.51. The smallest absolute Gasteiger partial charge is 0.381 e.